The molecule has 6 rings (SSSR count). The van der Waals surface area contributed by atoms with Gasteiger partial charge in [0.05, 0.1) is 45.6 Å². The number of hydrogen-bond acceptors (Lipinski definition) is 5. The fourth-order valence-electron chi connectivity index (χ4n) is 3.25. The molecule has 8 bridgehead atoms. The normalized spacial score (nSPS) is 19.5. The van der Waals surface area contributed by atoms with E-state index < -0.39 is 0 Å². The molecule has 1 aromatic rings. The highest BCUT2D eigenvalue weighted by Gasteiger charge is 2.11. The average Bonchev–Trinajstić information content (AvgIpc) is 3.55. The molecule has 31 heavy (non-hydrogen) atoms. The predicted octanol–water partition coefficient (Wildman–Crippen LogP) is 4.97. The first kappa shape index (κ1) is 18.6. The number of hydrogen-bond donors (Lipinski definition) is 1. The van der Waals surface area contributed by atoms with E-state index in [0.29, 0.717) is 5.75 Å². The Kier molecular flexibility index (Phi) is 4.91. The van der Waals surface area contributed by atoms with Crippen molar-refractivity contribution in [1.82, 2.24) is 0 Å². The molecule has 0 spiro atoms. The van der Waals surface area contributed by atoms with Crippen LogP contribution in [0.1, 0.15) is 0 Å². The molecule has 0 aliphatic carbocycles. The number of allylic oxidation sites excluding steroid dienone is 12. The van der Waals surface area contributed by atoms with Crippen LogP contribution in [-0.4, -0.2) is 28.0 Å². The molecule has 0 unspecified atom stereocenters. The van der Waals surface area contributed by atoms with Crippen molar-refractivity contribution in [2.24, 2.45) is 20.0 Å². The molecule has 5 aliphatic rings. The van der Waals surface area contributed by atoms with Crippen LogP contribution >= 0.6 is 0 Å². The zero-order valence-electron chi connectivity index (χ0n) is 16.6. The van der Waals surface area contributed by atoms with Crippen molar-refractivity contribution >= 4 is 22.8 Å². The zero-order valence-corrected chi connectivity index (χ0v) is 16.6. The average molecular weight is 402 g/mol. The number of benzene rings is 1. The minimum Gasteiger partial charge on any atom is -0.508 e. The minimum absolute atomic E-state index is 0.322. The Morgan fingerprint density at radius 2 is 0.742 bits per heavy atom. The van der Waals surface area contributed by atoms with Crippen molar-refractivity contribution in [3.63, 3.8) is 0 Å². The summed E-state index contributed by atoms with van der Waals surface area (Å²) >= 11 is 0. The summed E-state index contributed by atoms with van der Waals surface area (Å²) in [5, 5.41) is 8.63. The van der Waals surface area contributed by atoms with Crippen LogP contribution in [0.4, 0.5) is 0 Å². The first-order valence-electron chi connectivity index (χ1n) is 9.88. The highest BCUT2D eigenvalue weighted by atomic mass is 16.3. The van der Waals surface area contributed by atoms with Crippen molar-refractivity contribution in [3.8, 4) is 5.75 Å². The summed E-state index contributed by atoms with van der Waals surface area (Å²) in [5.41, 5.74) is 7.15. The minimum atomic E-state index is 0.322. The van der Waals surface area contributed by atoms with E-state index in [2.05, 4.69) is 20.0 Å². The van der Waals surface area contributed by atoms with Crippen LogP contribution in [0.3, 0.4) is 0 Å². The van der Waals surface area contributed by atoms with Gasteiger partial charge in [-0.05, 0) is 85.0 Å². The fourth-order valence-corrected chi connectivity index (χ4v) is 3.25. The molecule has 5 heterocycles. The lowest BCUT2D eigenvalue weighted by Gasteiger charge is -1.94. The number of fused-ring (bicyclic) bond motifs is 4. The Hall–Kier alpha value is -4.38. The van der Waals surface area contributed by atoms with Crippen molar-refractivity contribution in [3.05, 3.63) is 126 Å². The van der Waals surface area contributed by atoms with Gasteiger partial charge in [-0.1, -0.05) is 18.2 Å². The molecule has 5 heteroatoms. The van der Waals surface area contributed by atoms with Gasteiger partial charge in [0, 0.05) is 0 Å². The van der Waals surface area contributed by atoms with Crippen LogP contribution in [0.2, 0.25) is 0 Å². The molecular weight excluding hydrogens is 384 g/mol. The van der Waals surface area contributed by atoms with Gasteiger partial charge >= 0.3 is 0 Å². The van der Waals surface area contributed by atoms with E-state index in [1.54, 1.807) is 24.3 Å². The number of phenolic OH excluding ortho intramolecular Hbond substituents is 1. The van der Waals surface area contributed by atoms with Gasteiger partial charge in [-0.3, -0.25) is 0 Å². The number of aromatic hydroxyl groups is 1. The Balaban J connectivity index is 0.000000250. The largest absolute Gasteiger partial charge is 0.508 e. The molecule has 1 aromatic carbocycles. The predicted molar refractivity (Wildman–Crippen MR) is 127 cm³/mol. The van der Waals surface area contributed by atoms with Gasteiger partial charge in [0.25, 0.3) is 0 Å². The SMILES string of the molecule is C1=CC2=NC1=CC1=NC(=CC3=NC(=CC4=NC(=C2)C=C4)C=C3)C=C1.Oc1ccccc1. The van der Waals surface area contributed by atoms with Crippen LogP contribution in [0.15, 0.2) is 146 Å². The Morgan fingerprint density at radius 1 is 0.419 bits per heavy atom. The van der Waals surface area contributed by atoms with Crippen molar-refractivity contribution in [2.75, 3.05) is 0 Å². The van der Waals surface area contributed by atoms with Gasteiger partial charge in [0.1, 0.15) is 5.75 Å². The highest BCUT2D eigenvalue weighted by Crippen LogP contribution is 2.20. The van der Waals surface area contributed by atoms with Crippen LogP contribution in [-0.2, 0) is 0 Å². The monoisotopic (exact) mass is 402 g/mol. The lowest BCUT2D eigenvalue weighted by Crippen LogP contribution is -1.89. The zero-order chi connectivity index (χ0) is 21.0. The third-order valence-electron chi connectivity index (χ3n) is 4.67. The Morgan fingerprint density at radius 3 is 1.00 bits per heavy atom. The van der Waals surface area contributed by atoms with E-state index in [0.717, 1.165) is 45.6 Å². The third-order valence-corrected chi connectivity index (χ3v) is 4.67. The molecular formula is C26H18N4O. The molecule has 0 atom stereocenters. The Labute approximate surface area is 180 Å². The van der Waals surface area contributed by atoms with Gasteiger partial charge in [-0.25, -0.2) is 20.0 Å². The van der Waals surface area contributed by atoms with Crippen LogP contribution in [0.5, 0.6) is 5.75 Å². The van der Waals surface area contributed by atoms with Crippen molar-refractivity contribution in [2.45, 2.75) is 0 Å². The van der Waals surface area contributed by atoms with E-state index in [9.17, 15) is 0 Å². The summed E-state index contributed by atoms with van der Waals surface area (Å²) in [5.74, 6) is 0.322. The number of rotatable bonds is 0. The lowest BCUT2D eigenvalue weighted by atomic mass is 10.2. The van der Waals surface area contributed by atoms with Gasteiger partial charge in [0.2, 0.25) is 0 Å². The molecule has 0 aromatic heterocycles. The van der Waals surface area contributed by atoms with Gasteiger partial charge < -0.3 is 5.11 Å². The van der Waals surface area contributed by atoms with E-state index in [1.165, 1.54) is 0 Å². The maximum absolute atomic E-state index is 8.63. The molecule has 0 saturated carbocycles. The maximum Gasteiger partial charge on any atom is 0.115 e. The summed E-state index contributed by atoms with van der Waals surface area (Å²) in [6, 6.07) is 8.71. The summed E-state index contributed by atoms with van der Waals surface area (Å²) in [4.78, 5) is 18.4. The van der Waals surface area contributed by atoms with E-state index in [4.69, 9.17) is 5.11 Å². The van der Waals surface area contributed by atoms with Crippen molar-refractivity contribution < 1.29 is 5.11 Å². The molecule has 0 saturated heterocycles. The second kappa shape index (κ2) is 8.16. The number of para-hydroxylation sites is 1. The van der Waals surface area contributed by atoms with Crippen LogP contribution in [0, 0.1) is 0 Å². The quantitative estimate of drug-likeness (QED) is 0.654. The second-order valence-corrected chi connectivity index (χ2v) is 7.09. The standard InChI is InChI=1S/C20H12N4.C6H6O/c1-2-14-10-16-5-6-18(23-16)12-20-8-7-19(24-20)11-17-4-3-15(22-17)9-13(1)21-14;7-6-4-2-1-3-5-6/h1-12H;1-5,7H. The number of nitrogens with zero attached hydrogens (tertiary/aromatic N) is 4. The lowest BCUT2D eigenvalue weighted by molar-refractivity contribution is 0.475. The molecule has 5 nitrogen and oxygen atoms in total. The summed E-state index contributed by atoms with van der Waals surface area (Å²) in [6.45, 7) is 0. The summed E-state index contributed by atoms with van der Waals surface area (Å²) < 4.78 is 0. The number of phenols is 1. The molecule has 0 fully saturated rings. The number of aliphatic imine (C=N–C) groups is 4. The smallest absolute Gasteiger partial charge is 0.115 e. The second-order valence-electron chi connectivity index (χ2n) is 7.09. The van der Waals surface area contributed by atoms with Crippen molar-refractivity contribution in [1.29, 1.82) is 0 Å². The van der Waals surface area contributed by atoms with Gasteiger partial charge in [-0.15, -0.1) is 0 Å². The topological polar surface area (TPSA) is 69.7 Å². The molecule has 1 N–H and O–H groups in total. The first-order valence-corrected chi connectivity index (χ1v) is 9.88. The molecule has 0 radical (unpaired) electrons. The fraction of sp³-hybridized carbons (Fsp3) is 0. The maximum atomic E-state index is 8.63. The van der Waals surface area contributed by atoms with E-state index in [1.807, 2.05) is 79.0 Å². The van der Waals surface area contributed by atoms with Crippen LogP contribution < -0.4 is 0 Å². The first-order chi connectivity index (χ1) is 15.2. The molecule has 148 valence electrons. The van der Waals surface area contributed by atoms with E-state index >= 15 is 0 Å². The Bertz CT molecular complexity index is 1120. The van der Waals surface area contributed by atoms with E-state index in [-0.39, 0.29) is 0 Å². The highest BCUT2D eigenvalue weighted by molar-refractivity contribution is 6.14. The molecule has 0 amide bonds. The third kappa shape index (κ3) is 4.62. The molecule has 5 aliphatic heterocycles. The summed E-state index contributed by atoms with van der Waals surface area (Å²) in [6.07, 6.45) is 23.8. The van der Waals surface area contributed by atoms with Crippen LogP contribution in [0.25, 0.3) is 0 Å². The summed E-state index contributed by atoms with van der Waals surface area (Å²) in [7, 11) is 0. The van der Waals surface area contributed by atoms with Gasteiger partial charge in [-0.2, -0.15) is 0 Å². The van der Waals surface area contributed by atoms with Gasteiger partial charge in [0.15, 0.2) is 0 Å².